The highest BCUT2D eigenvalue weighted by Crippen LogP contribution is 2.25. The number of rotatable bonds is 2. The summed E-state index contributed by atoms with van der Waals surface area (Å²) in [5, 5.41) is 0. The van der Waals surface area contributed by atoms with Gasteiger partial charge in [0, 0.05) is 31.7 Å². The minimum absolute atomic E-state index is 0.0886. The Hall–Kier alpha value is -2.21. The van der Waals surface area contributed by atoms with Crippen LogP contribution in [0.15, 0.2) is 30.7 Å². The van der Waals surface area contributed by atoms with Crippen molar-refractivity contribution in [3.05, 3.63) is 47.8 Å². The van der Waals surface area contributed by atoms with Gasteiger partial charge in [-0.25, -0.2) is 4.98 Å². The van der Waals surface area contributed by atoms with E-state index in [9.17, 15) is 4.79 Å². The van der Waals surface area contributed by atoms with Crippen LogP contribution in [0.25, 0.3) is 0 Å². The van der Waals surface area contributed by atoms with Gasteiger partial charge in [0.1, 0.15) is 5.69 Å². The third kappa shape index (κ3) is 2.67. The molecule has 0 aromatic carbocycles. The van der Waals surface area contributed by atoms with Crippen LogP contribution in [0.3, 0.4) is 0 Å². The minimum Gasteiger partial charge on any atom is -0.377 e. The number of nitrogens with zero attached hydrogens (tertiary/aromatic N) is 4. The molecule has 1 fully saturated rings. The van der Waals surface area contributed by atoms with Crippen LogP contribution in [0.4, 0.5) is 0 Å². The summed E-state index contributed by atoms with van der Waals surface area (Å²) < 4.78 is 7.57. The van der Waals surface area contributed by atoms with Gasteiger partial charge in [0.2, 0.25) is 0 Å². The van der Waals surface area contributed by atoms with E-state index in [-0.39, 0.29) is 11.9 Å². The minimum atomic E-state index is -0.1000. The molecular formula is C15H18N4O2. The van der Waals surface area contributed by atoms with Gasteiger partial charge in [0.05, 0.1) is 31.1 Å². The highest BCUT2D eigenvalue weighted by Gasteiger charge is 2.31. The zero-order chi connectivity index (χ0) is 14.8. The summed E-state index contributed by atoms with van der Waals surface area (Å²) in [6, 6.07) is 3.90. The van der Waals surface area contributed by atoms with Crippen molar-refractivity contribution in [3.8, 4) is 0 Å². The van der Waals surface area contributed by atoms with Crippen LogP contribution in [0.2, 0.25) is 0 Å². The van der Waals surface area contributed by atoms with Crippen LogP contribution >= 0.6 is 0 Å². The maximum Gasteiger partial charge on any atom is 0.274 e. The Morgan fingerprint density at radius 2 is 2.24 bits per heavy atom. The van der Waals surface area contributed by atoms with E-state index >= 15 is 0 Å². The zero-order valence-corrected chi connectivity index (χ0v) is 12.2. The fourth-order valence-corrected chi connectivity index (χ4v) is 2.56. The first kappa shape index (κ1) is 13.8. The zero-order valence-electron chi connectivity index (χ0n) is 12.2. The van der Waals surface area contributed by atoms with Crippen molar-refractivity contribution < 1.29 is 9.53 Å². The summed E-state index contributed by atoms with van der Waals surface area (Å²) >= 11 is 0. The first-order valence-electron chi connectivity index (χ1n) is 6.95. The second-order valence-corrected chi connectivity index (χ2v) is 5.18. The first-order valence-corrected chi connectivity index (χ1v) is 6.95. The smallest absolute Gasteiger partial charge is 0.274 e. The molecule has 1 atom stereocenters. The quantitative estimate of drug-likeness (QED) is 0.836. The number of aryl methyl sites for hydroxylation is 2. The van der Waals surface area contributed by atoms with Gasteiger partial charge in [-0.2, -0.15) is 0 Å². The summed E-state index contributed by atoms with van der Waals surface area (Å²) in [5.74, 6) is -0.1000. The third-order valence-corrected chi connectivity index (χ3v) is 3.71. The molecule has 1 saturated heterocycles. The number of hydrogen-bond donors (Lipinski definition) is 0. The van der Waals surface area contributed by atoms with Crippen LogP contribution in [-0.4, -0.2) is 45.1 Å². The van der Waals surface area contributed by atoms with Crippen molar-refractivity contribution in [2.45, 2.75) is 13.0 Å². The van der Waals surface area contributed by atoms with Crippen molar-refractivity contribution in [1.82, 2.24) is 19.4 Å². The lowest BCUT2D eigenvalue weighted by Crippen LogP contribution is -2.44. The number of hydrogen-bond acceptors (Lipinski definition) is 4. The number of aromatic nitrogens is 3. The van der Waals surface area contributed by atoms with Gasteiger partial charge in [-0.15, -0.1) is 0 Å². The predicted molar refractivity (Wildman–Crippen MR) is 76.8 cm³/mol. The van der Waals surface area contributed by atoms with Crippen LogP contribution < -0.4 is 0 Å². The Morgan fingerprint density at radius 1 is 1.38 bits per heavy atom. The van der Waals surface area contributed by atoms with Crippen molar-refractivity contribution in [1.29, 1.82) is 0 Å². The number of ether oxygens (including phenoxy) is 1. The van der Waals surface area contributed by atoms with Crippen molar-refractivity contribution >= 4 is 5.91 Å². The average Bonchev–Trinajstić information content (AvgIpc) is 2.93. The lowest BCUT2D eigenvalue weighted by atomic mass is 10.1. The lowest BCUT2D eigenvalue weighted by Gasteiger charge is -2.35. The molecule has 0 spiro atoms. The molecule has 0 N–H and O–H groups in total. The Kier molecular flexibility index (Phi) is 3.70. The van der Waals surface area contributed by atoms with Crippen molar-refractivity contribution in [2.24, 2.45) is 7.05 Å². The van der Waals surface area contributed by atoms with E-state index in [1.807, 2.05) is 41.8 Å². The standard InChI is InChI=1S/C15H18N4O2/c1-11-8-17-12(9-16-11)15(20)19-6-7-21-10-14(19)13-4-3-5-18(13)2/h3-5,8-9,14H,6-7,10H2,1-2H3. The topological polar surface area (TPSA) is 60.3 Å². The highest BCUT2D eigenvalue weighted by atomic mass is 16.5. The fraction of sp³-hybridized carbons (Fsp3) is 0.400. The molecule has 0 radical (unpaired) electrons. The normalized spacial score (nSPS) is 18.8. The second-order valence-electron chi connectivity index (χ2n) is 5.18. The van der Waals surface area contributed by atoms with Gasteiger partial charge in [-0.3, -0.25) is 9.78 Å². The number of carbonyl (C=O) groups is 1. The maximum absolute atomic E-state index is 12.7. The molecule has 1 aliphatic heterocycles. The Bertz CT molecular complexity index is 635. The van der Waals surface area contributed by atoms with E-state index < -0.39 is 0 Å². The van der Waals surface area contributed by atoms with E-state index in [2.05, 4.69) is 9.97 Å². The van der Waals surface area contributed by atoms with Gasteiger partial charge in [-0.05, 0) is 19.1 Å². The molecule has 0 aliphatic carbocycles. The van der Waals surface area contributed by atoms with Crippen molar-refractivity contribution in [3.63, 3.8) is 0 Å². The molecule has 1 unspecified atom stereocenters. The molecule has 21 heavy (non-hydrogen) atoms. The molecule has 2 aromatic heterocycles. The van der Waals surface area contributed by atoms with E-state index in [1.165, 1.54) is 6.20 Å². The van der Waals surface area contributed by atoms with E-state index in [4.69, 9.17) is 4.74 Å². The van der Waals surface area contributed by atoms with Gasteiger partial charge in [0.25, 0.3) is 5.91 Å². The van der Waals surface area contributed by atoms with E-state index in [0.29, 0.717) is 25.5 Å². The summed E-state index contributed by atoms with van der Waals surface area (Å²) in [4.78, 5) is 22.8. The summed E-state index contributed by atoms with van der Waals surface area (Å²) in [7, 11) is 1.97. The van der Waals surface area contributed by atoms with Gasteiger partial charge >= 0.3 is 0 Å². The van der Waals surface area contributed by atoms with Gasteiger partial charge < -0.3 is 14.2 Å². The summed E-state index contributed by atoms with van der Waals surface area (Å²) in [5.41, 5.74) is 2.23. The Labute approximate surface area is 123 Å². The maximum atomic E-state index is 12.7. The van der Waals surface area contributed by atoms with Gasteiger partial charge in [-0.1, -0.05) is 0 Å². The molecule has 3 rings (SSSR count). The van der Waals surface area contributed by atoms with Gasteiger partial charge in [0.15, 0.2) is 0 Å². The number of amides is 1. The third-order valence-electron chi connectivity index (χ3n) is 3.71. The molecule has 1 aliphatic rings. The second kappa shape index (κ2) is 5.65. The highest BCUT2D eigenvalue weighted by molar-refractivity contribution is 5.92. The monoisotopic (exact) mass is 286 g/mol. The summed E-state index contributed by atoms with van der Waals surface area (Å²) in [6.45, 7) is 3.46. The SMILES string of the molecule is Cc1cnc(C(=O)N2CCOCC2c2cccn2C)cn1. The lowest BCUT2D eigenvalue weighted by molar-refractivity contribution is -0.00496. The molecular weight excluding hydrogens is 268 g/mol. The molecule has 0 bridgehead atoms. The Morgan fingerprint density at radius 3 is 2.90 bits per heavy atom. The molecule has 2 aromatic rings. The number of morpholine rings is 1. The van der Waals surface area contributed by atoms with Crippen LogP contribution in [0, 0.1) is 6.92 Å². The molecule has 6 nitrogen and oxygen atoms in total. The van der Waals surface area contributed by atoms with E-state index in [1.54, 1.807) is 6.20 Å². The van der Waals surface area contributed by atoms with E-state index in [0.717, 1.165) is 11.4 Å². The fourth-order valence-electron chi connectivity index (χ4n) is 2.56. The van der Waals surface area contributed by atoms with Crippen LogP contribution in [0.5, 0.6) is 0 Å². The largest absolute Gasteiger partial charge is 0.377 e. The molecule has 3 heterocycles. The molecule has 1 amide bonds. The predicted octanol–water partition coefficient (Wildman–Crippen LogP) is 1.34. The Balaban J connectivity index is 1.89. The van der Waals surface area contributed by atoms with Crippen LogP contribution in [0.1, 0.15) is 27.9 Å². The molecule has 110 valence electrons. The van der Waals surface area contributed by atoms with Crippen molar-refractivity contribution in [2.75, 3.05) is 19.8 Å². The average molecular weight is 286 g/mol. The van der Waals surface area contributed by atoms with Crippen LogP contribution in [-0.2, 0) is 11.8 Å². The first-order chi connectivity index (χ1) is 10.2. The molecule has 0 saturated carbocycles. The summed E-state index contributed by atoms with van der Waals surface area (Å²) in [6.07, 6.45) is 5.12. The molecule has 6 heteroatoms. The number of carbonyl (C=O) groups excluding carboxylic acids is 1.